The molecule has 2 unspecified atom stereocenters. The van der Waals surface area contributed by atoms with E-state index in [0.29, 0.717) is 5.92 Å². The zero-order valence-corrected chi connectivity index (χ0v) is 10.8. The van der Waals surface area contributed by atoms with Crippen molar-refractivity contribution in [2.75, 3.05) is 13.6 Å². The van der Waals surface area contributed by atoms with Crippen LogP contribution in [0.15, 0.2) is 18.3 Å². The van der Waals surface area contributed by atoms with Crippen molar-refractivity contribution in [3.63, 3.8) is 0 Å². The predicted molar refractivity (Wildman–Crippen MR) is 68.7 cm³/mol. The minimum Gasteiger partial charge on any atom is -0.393 e. The van der Waals surface area contributed by atoms with Crippen LogP contribution in [0.4, 0.5) is 0 Å². The average Bonchev–Trinajstić information content (AvgIpc) is 2.68. The van der Waals surface area contributed by atoms with Crippen LogP contribution in [0.1, 0.15) is 30.5 Å². The summed E-state index contributed by atoms with van der Waals surface area (Å²) in [5.41, 5.74) is 2.30. The van der Waals surface area contributed by atoms with Crippen molar-refractivity contribution in [2.24, 2.45) is 5.92 Å². The highest BCUT2D eigenvalue weighted by Gasteiger charge is 2.26. The number of aliphatic hydroxyl groups is 1. The van der Waals surface area contributed by atoms with Crippen molar-refractivity contribution in [2.45, 2.75) is 38.8 Å². The summed E-state index contributed by atoms with van der Waals surface area (Å²) in [5, 5.41) is 9.80. The number of aryl methyl sites for hydroxylation is 1. The molecular weight excluding hydrogens is 212 g/mol. The summed E-state index contributed by atoms with van der Waals surface area (Å²) in [4.78, 5) is 6.67. The lowest BCUT2D eigenvalue weighted by molar-refractivity contribution is 0.107. The van der Waals surface area contributed by atoms with Gasteiger partial charge in [0.15, 0.2) is 0 Å². The van der Waals surface area contributed by atoms with Gasteiger partial charge in [-0.1, -0.05) is 12.5 Å². The fourth-order valence-electron chi connectivity index (χ4n) is 2.56. The van der Waals surface area contributed by atoms with E-state index < -0.39 is 0 Å². The largest absolute Gasteiger partial charge is 0.393 e. The molecule has 1 aromatic heterocycles. The molecule has 1 heterocycles. The number of hydrogen-bond donors (Lipinski definition) is 1. The van der Waals surface area contributed by atoms with Crippen LogP contribution in [0, 0.1) is 12.8 Å². The Balaban J connectivity index is 1.84. The van der Waals surface area contributed by atoms with Crippen LogP contribution in [-0.4, -0.2) is 34.7 Å². The highest BCUT2D eigenvalue weighted by Crippen LogP contribution is 2.26. The molecular formula is C14H22N2O. The minimum atomic E-state index is -0.0940. The first-order valence-corrected chi connectivity index (χ1v) is 6.43. The molecule has 0 aromatic carbocycles. The van der Waals surface area contributed by atoms with Gasteiger partial charge in [-0.3, -0.25) is 4.98 Å². The van der Waals surface area contributed by atoms with E-state index in [2.05, 4.69) is 36.0 Å². The maximum absolute atomic E-state index is 9.80. The quantitative estimate of drug-likeness (QED) is 0.865. The molecule has 94 valence electrons. The van der Waals surface area contributed by atoms with Gasteiger partial charge in [0.2, 0.25) is 0 Å². The lowest BCUT2D eigenvalue weighted by atomic mass is 10.1. The Morgan fingerprint density at radius 1 is 1.41 bits per heavy atom. The van der Waals surface area contributed by atoms with Crippen molar-refractivity contribution in [1.82, 2.24) is 9.88 Å². The highest BCUT2D eigenvalue weighted by atomic mass is 16.3. The number of aliphatic hydroxyl groups excluding tert-OH is 1. The van der Waals surface area contributed by atoms with Crippen LogP contribution >= 0.6 is 0 Å². The smallest absolute Gasteiger partial charge is 0.0580 e. The van der Waals surface area contributed by atoms with Gasteiger partial charge >= 0.3 is 0 Å². The van der Waals surface area contributed by atoms with Crippen molar-refractivity contribution < 1.29 is 5.11 Å². The third kappa shape index (κ3) is 3.51. The zero-order chi connectivity index (χ0) is 12.3. The van der Waals surface area contributed by atoms with Gasteiger partial charge in [0.05, 0.1) is 11.8 Å². The van der Waals surface area contributed by atoms with Gasteiger partial charge < -0.3 is 10.0 Å². The van der Waals surface area contributed by atoms with Gasteiger partial charge in [0.1, 0.15) is 0 Å². The molecule has 1 saturated carbocycles. The molecule has 0 radical (unpaired) electrons. The highest BCUT2D eigenvalue weighted by molar-refractivity contribution is 5.12. The molecule has 2 rings (SSSR count). The Morgan fingerprint density at radius 2 is 2.24 bits per heavy atom. The second-order valence-corrected chi connectivity index (χ2v) is 5.28. The number of pyridine rings is 1. The lowest BCUT2D eigenvalue weighted by Gasteiger charge is -2.22. The summed E-state index contributed by atoms with van der Waals surface area (Å²) >= 11 is 0. The Kier molecular flexibility index (Phi) is 4.13. The first kappa shape index (κ1) is 12.5. The normalized spacial score (nSPS) is 24.5. The third-order valence-corrected chi connectivity index (χ3v) is 3.57. The molecule has 0 aliphatic heterocycles. The first-order chi connectivity index (χ1) is 8.15. The third-order valence-electron chi connectivity index (χ3n) is 3.57. The van der Waals surface area contributed by atoms with Crippen molar-refractivity contribution in [3.8, 4) is 0 Å². The van der Waals surface area contributed by atoms with E-state index in [1.807, 2.05) is 6.20 Å². The van der Waals surface area contributed by atoms with Crippen molar-refractivity contribution in [3.05, 3.63) is 29.6 Å². The summed E-state index contributed by atoms with van der Waals surface area (Å²) in [6.07, 6.45) is 5.12. The maximum Gasteiger partial charge on any atom is 0.0580 e. The van der Waals surface area contributed by atoms with Crippen LogP contribution in [0.5, 0.6) is 0 Å². The van der Waals surface area contributed by atoms with E-state index in [1.165, 1.54) is 12.0 Å². The summed E-state index contributed by atoms with van der Waals surface area (Å²) in [5.74, 6) is 0.449. The summed E-state index contributed by atoms with van der Waals surface area (Å²) in [7, 11) is 2.10. The summed E-state index contributed by atoms with van der Waals surface area (Å²) < 4.78 is 0. The van der Waals surface area contributed by atoms with E-state index in [9.17, 15) is 5.11 Å². The number of hydrogen-bond acceptors (Lipinski definition) is 3. The predicted octanol–water partition coefficient (Wildman–Crippen LogP) is 1.98. The number of rotatable bonds is 4. The summed E-state index contributed by atoms with van der Waals surface area (Å²) in [6.45, 7) is 3.88. The van der Waals surface area contributed by atoms with Crippen molar-refractivity contribution >= 4 is 0 Å². The van der Waals surface area contributed by atoms with Crippen LogP contribution in [0.3, 0.4) is 0 Å². The molecule has 0 saturated heterocycles. The topological polar surface area (TPSA) is 36.4 Å². The fourth-order valence-corrected chi connectivity index (χ4v) is 2.56. The molecule has 0 bridgehead atoms. The number of nitrogens with zero attached hydrogens (tertiary/aromatic N) is 2. The van der Waals surface area contributed by atoms with Crippen molar-refractivity contribution in [1.29, 1.82) is 0 Å². The van der Waals surface area contributed by atoms with Crippen LogP contribution < -0.4 is 0 Å². The second-order valence-electron chi connectivity index (χ2n) is 5.28. The summed E-state index contributed by atoms with van der Waals surface area (Å²) in [6, 6.07) is 4.18. The first-order valence-electron chi connectivity index (χ1n) is 6.43. The zero-order valence-electron chi connectivity index (χ0n) is 10.8. The fraction of sp³-hybridized carbons (Fsp3) is 0.643. The Morgan fingerprint density at radius 3 is 2.82 bits per heavy atom. The molecule has 1 aromatic rings. The van der Waals surface area contributed by atoms with Gasteiger partial charge in [-0.15, -0.1) is 0 Å². The van der Waals surface area contributed by atoms with Gasteiger partial charge in [0, 0.05) is 19.3 Å². The van der Waals surface area contributed by atoms with E-state index >= 15 is 0 Å². The molecule has 0 amide bonds. The SMILES string of the molecule is Cc1ccc(CN(C)CC2CCCC2O)nc1. The van der Waals surface area contributed by atoms with Crippen LogP contribution in [-0.2, 0) is 6.54 Å². The van der Waals surface area contributed by atoms with E-state index in [0.717, 1.165) is 31.6 Å². The minimum absolute atomic E-state index is 0.0940. The van der Waals surface area contributed by atoms with E-state index in [4.69, 9.17) is 0 Å². The average molecular weight is 234 g/mol. The molecule has 2 atom stereocenters. The second kappa shape index (κ2) is 5.61. The molecule has 1 fully saturated rings. The van der Waals surface area contributed by atoms with E-state index in [1.54, 1.807) is 0 Å². The Hall–Kier alpha value is -0.930. The standard InChI is InChI=1S/C14H22N2O/c1-11-6-7-13(15-8-11)10-16(2)9-12-4-3-5-14(12)17/h6-8,12,14,17H,3-5,9-10H2,1-2H3. The maximum atomic E-state index is 9.80. The molecule has 1 aliphatic carbocycles. The van der Waals surface area contributed by atoms with Gasteiger partial charge in [-0.25, -0.2) is 0 Å². The Bertz CT molecular complexity index is 350. The molecule has 1 aliphatic rings. The molecule has 3 heteroatoms. The molecule has 17 heavy (non-hydrogen) atoms. The van der Waals surface area contributed by atoms with E-state index in [-0.39, 0.29) is 6.10 Å². The van der Waals surface area contributed by atoms with Gasteiger partial charge in [-0.2, -0.15) is 0 Å². The molecule has 0 spiro atoms. The monoisotopic (exact) mass is 234 g/mol. The van der Waals surface area contributed by atoms with Crippen LogP contribution in [0.2, 0.25) is 0 Å². The molecule has 3 nitrogen and oxygen atoms in total. The molecule has 1 N–H and O–H groups in total. The Labute approximate surface area is 103 Å². The van der Waals surface area contributed by atoms with Gasteiger partial charge in [-0.05, 0) is 44.4 Å². The van der Waals surface area contributed by atoms with Gasteiger partial charge in [0.25, 0.3) is 0 Å². The lowest BCUT2D eigenvalue weighted by Crippen LogP contribution is -2.29. The van der Waals surface area contributed by atoms with Crippen LogP contribution in [0.25, 0.3) is 0 Å². The number of aromatic nitrogens is 1.